The number of hydrogen-bond acceptors (Lipinski definition) is 5. The van der Waals surface area contributed by atoms with E-state index in [1.807, 2.05) is 31.2 Å². The van der Waals surface area contributed by atoms with Crippen molar-refractivity contribution in [1.82, 2.24) is 4.57 Å². The van der Waals surface area contributed by atoms with Crippen LogP contribution in [0.3, 0.4) is 0 Å². The van der Waals surface area contributed by atoms with E-state index in [1.165, 1.54) is 17.5 Å². The van der Waals surface area contributed by atoms with Gasteiger partial charge in [-0.3, -0.25) is 4.79 Å². The van der Waals surface area contributed by atoms with E-state index in [9.17, 15) is 14.7 Å². The number of nitrogens with one attached hydrogen (secondary N) is 1. The minimum Gasteiger partial charge on any atom is -0.497 e. The number of aryl methyl sites for hydroxylation is 1. The molecule has 0 saturated carbocycles. The summed E-state index contributed by atoms with van der Waals surface area (Å²) in [6, 6.07) is 7.33. The molecular formula is C18H16N2O4S. The van der Waals surface area contributed by atoms with Gasteiger partial charge in [0, 0.05) is 29.4 Å². The predicted molar refractivity (Wildman–Crippen MR) is 98.6 cm³/mol. The van der Waals surface area contributed by atoms with E-state index in [0.717, 1.165) is 16.7 Å². The molecule has 0 bridgehead atoms. The number of aromatic nitrogens is 1. The Kier molecular flexibility index (Phi) is 4.41. The third-order valence-electron chi connectivity index (χ3n) is 4.01. The minimum absolute atomic E-state index is 0.281. The number of hydrogen-bond donors (Lipinski definition) is 2. The maximum absolute atomic E-state index is 12.7. The third-order valence-corrected chi connectivity index (χ3v) is 5.30. The van der Waals surface area contributed by atoms with Gasteiger partial charge in [-0.2, -0.15) is 0 Å². The van der Waals surface area contributed by atoms with Gasteiger partial charge in [-0.25, -0.2) is 4.79 Å². The number of rotatable bonds is 5. The number of carboxylic acids is 1. The number of nitrogens with zero attached hydrogens (tertiary/aromatic N) is 1. The van der Waals surface area contributed by atoms with Gasteiger partial charge >= 0.3 is 5.97 Å². The van der Waals surface area contributed by atoms with Gasteiger partial charge in [0.1, 0.15) is 16.1 Å². The molecule has 2 heterocycles. The van der Waals surface area contributed by atoms with Gasteiger partial charge in [0.2, 0.25) is 5.43 Å². The van der Waals surface area contributed by atoms with Gasteiger partial charge in [-0.15, -0.1) is 11.3 Å². The van der Waals surface area contributed by atoms with Crippen molar-refractivity contribution >= 4 is 33.7 Å². The van der Waals surface area contributed by atoms with Crippen LogP contribution in [0, 0.1) is 5.41 Å². The molecule has 0 saturated heterocycles. The van der Waals surface area contributed by atoms with Gasteiger partial charge in [-0.1, -0.05) is 0 Å². The zero-order valence-corrected chi connectivity index (χ0v) is 14.5. The molecule has 6 nitrogen and oxygen atoms in total. The smallest absolute Gasteiger partial charge is 0.341 e. The molecule has 2 aromatic heterocycles. The fraction of sp³-hybridized carbons (Fsp3) is 0.167. The number of benzene rings is 1. The molecular weight excluding hydrogens is 340 g/mol. The van der Waals surface area contributed by atoms with Crippen LogP contribution in [0.2, 0.25) is 0 Å². The SMILES string of the molecule is CCn1cc(C(=O)O)c(=O)c2c(C=N)c(-c3ccc(OC)cc3)sc21. The van der Waals surface area contributed by atoms with Crippen LogP contribution in [-0.4, -0.2) is 29.0 Å². The maximum Gasteiger partial charge on any atom is 0.341 e. The normalized spacial score (nSPS) is 10.8. The molecule has 25 heavy (non-hydrogen) atoms. The second-order valence-electron chi connectivity index (χ2n) is 5.36. The molecule has 0 aliphatic carbocycles. The van der Waals surface area contributed by atoms with E-state index in [1.54, 1.807) is 11.7 Å². The molecule has 0 atom stereocenters. The number of carboxylic acid groups (broad SMARTS) is 1. The van der Waals surface area contributed by atoms with Gasteiger partial charge < -0.3 is 19.8 Å². The lowest BCUT2D eigenvalue weighted by atomic mass is 10.1. The monoisotopic (exact) mass is 356 g/mol. The largest absolute Gasteiger partial charge is 0.497 e. The van der Waals surface area contributed by atoms with Gasteiger partial charge in [0.25, 0.3) is 0 Å². The van der Waals surface area contributed by atoms with Crippen molar-refractivity contribution in [3.05, 3.63) is 51.8 Å². The summed E-state index contributed by atoms with van der Waals surface area (Å²) in [5, 5.41) is 17.4. The number of aromatic carboxylic acids is 1. The summed E-state index contributed by atoms with van der Waals surface area (Å²) in [4.78, 5) is 25.5. The molecule has 3 rings (SSSR count). The summed E-state index contributed by atoms with van der Waals surface area (Å²) >= 11 is 1.38. The number of methoxy groups -OCH3 is 1. The zero-order chi connectivity index (χ0) is 18.1. The third kappa shape index (κ3) is 2.72. The summed E-state index contributed by atoms with van der Waals surface area (Å²) < 4.78 is 6.90. The number of ether oxygens (including phenoxy) is 1. The Labute approximate surface area is 147 Å². The van der Waals surface area contributed by atoms with Crippen molar-refractivity contribution < 1.29 is 14.6 Å². The number of thiophene rings is 1. The first kappa shape index (κ1) is 16.9. The van der Waals surface area contributed by atoms with Gasteiger partial charge in [0.05, 0.1) is 12.5 Å². The average Bonchev–Trinajstić information content (AvgIpc) is 3.02. The summed E-state index contributed by atoms with van der Waals surface area (Å²) in [5.74, 6) is -0.551. The van der Waals surface area contributed by atoms with E-state index in [-0.39, 0.29) is 10.9 Å². The van der Waals surface area contributed by atoms with Crippen LogP contribution in [0.5, 0.6) is 5.75 Å². The highest BCUT2D eigenvalue weighted by molar-refractivity contribution is 7.22. The van der Waals surface area contributed by atoms with Crippen LogP contribution < -0.4 is 10.2 Å². The van der Waals surface area contributed by atoms with Crippen molar-refractivity contribution in [2.45, 2.75) is 13.5 Å². The molecule has 7 heteroatoms. The Hall–Kier alpha value is -2.93. The van der Waals surface area contributed by atoms with Crippen molar-refractivity contribution in [3.8, 4) is 16.2 Å². The highest BCUT2D eigenvalue weighted by Gasteiger charge is 2.21. The van der Waals surface area contributed by atoms with E-state index in [2.05, 4.69) is 0 Å². The minimum atomic E-state index is -1.26. The Morgan fingerprint density at radius 2 is 2.04 bits per heavy atom. The van der Waals surface area contributed by atoms with Crippen molar-refractivity contribution in [2.75, 3.05) is 7.11 Å². The molecule has 0 aliphatic heterocycles. The van der Waals surface area contributed by atoms with Gasteiger partial charge in [-0.05, 0) is 36.8 Å². The zero-order valence-electron chi connectivity index (χ0n) is 13.7. The summed E-state index contributed by atoms with van der Waals surface area (Å²) in [6.45, 7) is 2.41. The molecule has 0 unspecified atom stereocenters. The Balaban J connectivity index is 2.38. The topological polar surface area (TPSA) is 92.4 Å². The first-order valence-corrected chi connectivity index (χ1v) is 8.41. The molecule has 0 spiro atoms. The average molecular weight is 356 g/mol. The molecule has 0 fully saturated rings. The quantitative estimate of drug-likeness (QED) is 0.685. The highest BCUT2D eigenvalue weighted by Crippen LogP contribution is 2.37. The standard InChI is InChI=1S/C18H16N2O4S/c1-3-20-9-13(18(22)23)15(21)14-12(8-19)16(25-17(14)20)10-4-6-11(24-2)7-5-10/h4-9,19H,3H2,1-2H3,(H,22,23). The second kappa shape index (κ2) is 6.52. The van der Waals surface area contributed by atoms with Crippen LogP contribution in [0.25, 0.3) is 20.7 Å². The molecule has 0 aliphatic rings. The second-order valence-corrected chi connectivity index (χ2v) is 6.36. The maximum atomic E-state index is 12.7. The van der Waals surface area contributed by atoms with Crippen LogP contribution >= 0.6 is 11.3 Å². The molecule has 0 radical (unpaired) electrons. The van der Waals surface area contributed by atoms with Crippen molar-refractivity contribution in [2.24, 2.45) is 0 Å². The van der Waals surface area contributed by atoms with E-state index < -0.39 is 11.4 Å². The summed E-state index contributed by atoms with van der Waals surface area (Å²) in [5.41, 5.74) is 0.457. The fourth-order valence-electron chi connectivity index (χ4n) is 2.74. The first-order valence-electron chi connectivity index (χ1n) is 7.60. The summed E-state index contributed by atoms with van der Waals surface area (Å²) in [7, 11) is 1.58. The van der Waals surface area contributed by atoms with E-state index in [4.69, 9.17) is 10.1 Å². The lowest BCUT2D eigenvalue weighted by Gasteiger charge is -2.06. The molecule has 2 N–H and O–H groups in total. The van der Waals surface area contributed by atoms with Crippen LogP contribution in [0.1, 0.15) is 22.8 Å². The number of pyridine rings is 1. The Morgan fingerprint density at radius 3 is 2.56 bits per heavy atom. The van der Waals surface area contributed by atoms with Crippen LogP contribution in [0.15, 0.2) is 35.3 Å². The first-order chi connectivity index (χ1) is 12.0. The molecule has 0 amide bonds. The lowest BCUT2D eigenvalue weighted by molar-refractivity contribution is 0.0695. The van der Waals surface area contributed by atoms with E-state index >= 15 is 0 Å². The molecule has 128 valence electrons. The molecule has 1 aromatic carbocycles. The van der Waals surface area contributed by atoms with Crippen molar-refractivity contribution in [1.29, 1.82) is 5.41 Å². The highest BCUT2D eigenvalue weighted by atomic mass is 32.1. The van der Waals surface area contributed by atoms with E-state index in [0.29, 0.717) is 22.7 Å². The number of fused-ring (bicyclic) bond motifs is 1. The van der Waals surface area contributed by atoms with Gasteiger partial charge in [0.15, 0.2) is 0 Å². The Morgan fingerprint density at radius 1 is 1.36 bits per heavy atom. The lowest BCUT2D eigenvalue weighted by Crippen LogP contribution is -2.18. The fourth-order valence-corrected chi connectivity index (χ4v) is 4.06. The van der Waals surface area contributed by atoms with Crippen LogP contribution in [-0.2, 0) is 6.54 Å². The molecule has 3 aromatic rings. The number of carbonyl (C=O) groups is 1. The van der Waals surface area contributed by atoms with Crippen molar-refractivity contribution in [3.63, 3.8) is 0 Å². The predicted octanol–water partition coefficient (Wildman–Crippen LogP) is 3.45. The van der Waals surface area contributed by atoms with Crippen LogP contribution in [0.4, 0.5) is 0 Å². The summed E-state index contributed by atoms with van der Waals surface area (Å²) in [6.07, 6.45) is 2.49. The Bertz CT molecular complexity index is 1030.